The first-order chi connectivity index (χ1) is 11.5. The molecule has 2 aromatic rings. The molecule has 0 saturated carbocycles. The fraction of sp³-hybridized carbons (Fsp3) is 0.471. The topological polar surface area (TPSA) is 78.4 Å². The standard InChI is InChI=1S/C17H22N4O2S/c1-13-4-5-14(24-13)10-15(22)20-11-17(23)6-2-9-21(12-17)16-18-7-3-8-19-16/h3-5,7-8,23H,2,6,9-12H2,1H3,(H,20,22). The van der Waals surface area contributed by atoms with Crippen molar-refractivity contribution >= 4 is 23.2 Å². The smallest absolute Gasteiger partial charge is 0.225 e. The Balaban J connectivity index is 1.54. The van der Waals surface area contributed by atoms with E-state index in [1.165, 1.54) is 4.88 Å². The molecule has 1 amide bonds. The van der Waals surface area contributed by atoms with Crippen LogP contribution in [-0.4, -0.2) is 46.2 Å². The van der Waals surface area contributed by atoms with Gasteiger partial charge < -0.3 is 15.3 Å². The van der Waals surface area contributed by atoms with Gasteiger partial charge in [0.1, 0.15) is 0 Å². The molecular formula is C17H22N4O2S. The van der Waals surface area contributed by atoms with E-state index >= 15 is 0 Å². The Bertz CT molecular complexity index is 691. The van der Waals surface area contributed by atoms with E-state index < -0.39 is 5.60 Å². The van der Waals surface area contributed by atoms with Crippen LogP contribution in [0.1, 0.15) is 22.6 Å². The molecule has 1 atom stereocenters. The number of β-amino-alcohol motifs (C(OH)–C–C–N with tert-alkyl or cyclic N) is 1. The summed E-state index contributed by atoms with van der Waals surface area (Å²) in [5, 5.41) is 13.7. The van der Waals surface area contributed by atoms with Crippen LogP contribution in [0.25, 0.3) is 0 Å². The quantitative estimate of drug-likeness (QED) is 0.859. The van der Waals surface area contributed by atoms with Gasteiger partial charge in [-0.1, -0.05) is 0 Å². The molecule has 0 spiro atoms. The number of nitrogens with one attached hydrogen (secondary N) is 1. The highest BCUT2D eigenvalue weighted by Crippen LogP contribution is 2.23. The zero-order chi connectivity index (χ0) is 17.0. The maximum absolute atomic E-state index is 12.1. The van der Waals surface area contributed by atoms with E-state index in [0.717, 1.165) is 17.8 Å². The number of rotatable bonds is 5. The fourth-order valence-corrected chi connectivity index (χ4v) is 3.83. The summed E-state index contributed by atoms with van der Waals surface area (Å²) >= 11 is 1.63. The number of anilines is 1. The number of hydrogen-bond acceptors (Lipinski definition) is 6. The molecule has 7 heteroatoms. The molecule has 1 fully saturated rings. The Kier molecular flexibility index (Phi) is 5.11. The van der Waals surface area contributed by atoms with Crippen molar-refractivity contribution in [2.45, 2.75) is 31.8 Å². The third kappa shape index (κ3) is 4.30. The number of aliphatic hydroxyl groups is 1. The molecule has 24 heavy (non-hydrogen) atoms. The molecule has 1 aliphatic heterocycles. The van der Waals surface area contributed by atoms with Gasteiger partial charge >= 0.3 is 0 Å². The lowest BCUT2D eigenvalue weighted by Gasteiger charge is -2.39. The van der Waals surface area contributed by atoms with Gasteiger partial charge in [-0.3, -0.25) is 4.79 Å². The summed E-state index contributed by atoms with van der Waals surface area (Å²) in [5.41, 5.74) is -0.946. The number of amides is 1. The minimum Gasteiger partial charge on any atom is -0.386 e. The van der Waals surface area contributed by atoms with Gasteiger partial charge in [0.25, 0.3) is 0 Å². The van der Waals surface area contributed by atoms with Crippen LogP contribution in [0.5, 0.6) is 0 Å². The Morgan fingerprint density at radius 2 is 2.21 bits per heavy atom. The highest BCUT2D eigenvalue weighted by molar-refractivity contribution is 7.12. The predicted molar refractivity (Wildman–Crippen MR) is 94.2 cm³/mol. The Morgan fingerprint density at radius 1 is 1.42 bits per heavy atom. The molecule has 0 bridgehead atoms. The van der Waals surface area contributed by atoms with E-state index in [1.54, 1.807) is 29.8 Å². The minimum absolute atomic E-state index is 0.0571. The molecule has 2 N–H and O–H groups in total. The molecule has 0 radical (unpaired) electrons. The van der Waals surface area contributed by atoms with Gasteiger partial charge in [0, 0.05) is 35.2 Å². The molecule has 6 nitrogen and oxygen atoms in total. The summed E-state index contributed by atoms with van der Waals surface area (Å²) in [6.07, 6.45) is 5.26. The maximum atomic E-state index is 12.1. The second kappa shape index (κ2) is 7.27. The van der Waals surface area contributed by atoms with Crippen LogP contribution >= 0.6 is 11.3 Å². The van der Waals surface area contributed by atoms with Gasteiger partial charge in [0.15, 0.2) is 0 Å². The van der Waals surface area contributed by atoms with Crippen molar-refractivity contribution in [3.05, 3.63) is 40.3 Å². The van der Waals surface area contributed by atoms with Gasteiger partial charge in [-0.15, -0.1) is 11.3 Å². The van der Waals surface area contributed by atoms with Gasteiger partial charge in [0.2, 0.25) is 11.9 Å². The summed E-state index contributed by atoms with van der Waals surface area (Å²) in [6.45, 7) is 3.51. The van der Waals surface area contributed by atoms with E-state index in [4.69, 9.17) is 0 Å². The summed E-state index contributed by atoms with van der Waals surface area (Å²) < 4.78 is 0. The first kappa shape index (κ1) is 16.9. The van der Waals surface area contributed by atoms with Crippen LogP contribution in [0.15, 0.2) is 30.6 Å². The number of nitrogens with zero attached hydrogens (tertiary/aromatic N) is 3. The monoisotopic (exact) mass is 346 g/mol. The van der Waals surface area contributed by atoms with Gasteiger partial charge in [0.05, 0.1) is 18.6 Å². The summed E-state index contributed by atoms with van der Waals surface area (Å²) in [6, 6.07) is 5.76. The zero-order valence-corrected chi connectivity index (χ0v) is 14.6. The van der Waals surface area contributed by atoms with Crippen LogP contribution in [0.3, 0.4) is 0 Å². The van der Waals surface area contributed by atoms with Crippen molar-refractivity contribution in [1.29, 1.82) is 0 Å². The Hall–Kier alpha value is -1.99. The van der Waals surface area contributed by atoms with Crippen LogP contribution in [0, 0.1) is 6.92 Å². The molecule has 0 aliphatic carbocycles. The van der Waals surface area contributed by atoms with E-state index in [9.17, 15) is 9.90 Å². The van der Waals surface area contributed by atoms with Crippen LogP contribution in [-0.2, 0) is 11.2 Å². The van der Waals surface area contributed by atoms with Crippen LogP contribution in [0.4, 0.5) is 5.95 Å². The highest BCUT2D eigenvalue weighted by atomic mass is 32.1. The lowest BCUT2D eigenvalue weighted by atomic mass is 9.93. The number of piperidine rings is 1. The average Bonchev–Trinajstić information content (AvgIpc) is 2.99. The molecule has 0 aromatic carbocycles. The summed E-state index contributed by atoms with van der Waals surface area (Å²) in [4.78, 5) is 24.8. The molecule has 1 saturated heterocycles. The van der Waals surface area contributed by atoms with E-state index in [1.807, 2.05) is 24.0 Å². The fourth-order valence-electron chi connectivity index (χ4n) is 2.95. The number of aryl methyl sites for hydroxylation is 1. The van der Waals surface area contributed by atoms with Gasteiger partial charge in [-0.25, -0.2) is 9.97 Å². The van der Waals surface area contributed by atoms with Crippen molar-refractivity contribution in [3.8, 4) is 0 Å². The van der Waals surface area contributed by atoms with Crippen molar-refractivity contribution < 1.29 is 9.90 Å². The molecule has 128 valence electrons. The Morgan fingerprint density at radius 3 is 2.92 bits per heavy atom. The largest absolute Gasteiger partial charge is 0.386 e. The van der Waals surface area contributed by atoms with Crippen molar-refractivity contribution in [1.82, 2.24) is 15.3 Å². The second-order valence-corrected chi connectivity index (χ2v) is 7.64. The van der Waals surface area contributed by atoms with Crippen molar-refractivity contribution in [2.24, 2.45) is 0 Å². The normalized spacial score (nSPS) is 20.8. The summed E-state index contributed by atoms with van der Waals surface area (Å²) in [5.74, 6) is 0.564. The maximum Gasteiger partial charge on any atom is 0.225 e. The predicted octanol–water partition coefficient (Wildman–Crippen LogP) is 1.54. The van der Waals surface area contributed by atoms with Crippen molar-refractivity contribution in [3.63, 3.8) is 0 Å². The third-order valence-corrected chi connectivity index (χ3v) is 5.14. The van der Waals surface area contributed by atoms with E-state index in [2.05, 4.69) is 15.3 Å². The lowest BCUT2D eigenvalue weighted by Crippen LogP contribution is -2.54. The average molecular weight is 346 g/mol. The zero-order valence-electron chi connectivity index (χ0n) is 13.7. The number of carbonyl (C=O) groups excluding carboxylic acids is 1. The molecule has 3 heterocycles. The SMILES string of the molecule is Cc1ccc(CC(=O)NCC2(O)CCCN(c3ncccn3)C2)s1. The van der Waals surface area contributed by atoms with Crippen LogP contribution < -0.4 is 10.2 Å². The minimum atomic E-state index is -0.946. The number of carbonyl (C=O) groups is 1. The Labute approximate surface area is 145 Å². The van der Waals surface area contributed by atoms with E-state index in [0.29, 0.717) is 25.3 Å². The van der Waals surface area contributed by atoms with Gasteiger partial charge in [-0.2, -0.15) is 0 Å². The molecule has 2 aromatic heterocycles. The number of thiophene rings is 1. The van der Waals surface area contributed by atoms with E-state index in [-0.39, 0.29) is 12.5 Å². The lowest BCUT2D eigenvalue weighted by molar-refractivity contribution is -0.121. The van der Waals surface area contributed by atoms with Gasteiger partial charge in [-0.05, 0) is 38.0 Å². The third-order valence-electron chi connectivity index (χ3n) is 4.14. The molecule has 1 unspecified atom stereocenters. The molecule has 3 rings (SSSR count). The first-order valence-corrected chi connectivity index (χ1v) is 8.92. The molecule has 1 aliphatic rings. The van der Waals surface area contributed by atoms with Crippen LogP contribution in [0.2, 0.25) is 0 Å². The molecular weight excluding hydrogens is 324 g/mol. The first-order valence-electron chi connectivity index (χ1n) is 8.10. The summed E-state index contributed by atoms with van der Waals surface area (Å²) in [7, 11) is 0. The second-order valence-electron chi connectivity index (χ2n) is 6.26. The van der Waals surface area contributed by atoms with Crippen molar-refractivity contribution in [2.75, 3.05) is 24.5 Å². The number of hydrogen-bond donors (Lipinski definition) is 2. The number of aromatic nitrogens is 2. The highest BCUT2D eigenvalue weighted by Gasteiger charge is 2.34.